The SMILES string of the molecule is CCCCCCCCCCCCCCCCCOCC(COP(=O)(O)CCC[N+](C)(C)C)OC(=O)CCCCCCCC(=O)O[C@]1(CC)C(=O)OCc2c1cc1n(c2=O)Cc2cc3ccccc3nc2-1. The molecule has 0 saturated heterocycles. The van der Waals surface area contributed by atoms with E-state index in [4.69, 9.17) is 28.5 Å². The van der Waals surface area contributed by atoms with Crippen LogP contribution in [0.25, 0.3) is 22.3 Å². The molecule has 3 aromatic rings. The first-order valence-electron chi connectivity index (χ1n) is 26.8. The summed E-state index contributed by atoms with van der Waals surface area (Å²) >= 11 is 0. The van der Waals surface area contributed by atoms with Crippen LogP contribution in [0.15, 0.2) is 41.2 Å². The maximum atomic E-state index is 13.9. The van der Waals surface area contributed by atoms with Crippen molar-refractivity contribution in [1.82, 2.24) is 9.55 Å². The normalized spacial score (nSPS) is 16.6. The molecule has 0 aliphatic carbocycles. The number of ether oxygens (including phenoxy) is 4. The second-order valence-corrected chi connectivity index (χ2v) is 22.6. The maximum absolute atomic E-state index is 13.9. The van der Waals surface area contributed by atoms with E-state index < -0.39 is 37.2 Å². The van der Waals surface area contributed by atoms with Gasteiger partial charge in [0.2, 0.25) is 5.60 Å². The molecule has 4 heterocycles. The molecule has 1 N–H and O–H groups in total. The third-order valence-electron chi connectivity index (χ3n) is 13.7. The molecule has 0 fully saturated rings. The molecule has 0 spiro atoms. The van der Waals surface area contributed by atoms with Crippen LogP contribution in [-0.4, -0.2) is 96.6 Å². The summed E-state index contributed by atoms with van der Waals surface area (Å²) < 4.78 is 43.8. The Bertz CT molecular complexity index is 2240. The Morgan fingerprint density at radius 2 is 1.40 bits per heavy atom. The maximum Gasteiger partial charge on any atom is 0.355 e. The Morgan fingerprint density at radius 3 is 2.03 bits per heavy atom. The van der Waals surface area contributed by atoms with E-state index in [1.807, 2.05) is 51.5 Å². The number of hydrogen-bond acceptors (Lipinski definition) is 11. The van der Waals surface area contributed by atoms with E-state index in [-0.39, 0.29) is 50.8 Å². The summed E-state index contributed by atoms with van der Waals surface area (Å²) in [6, 6.07) is 11.6. The van der Waals surface area contributed by atoms with Crippen molar-refractivity contribution in [2.24, 2.45) is 0 Å². The number of pyridine rings is 2. The van der Waals surface area contributed by atoms with Gasteiger partial charge < -0.3 is 37.4 Å². The van der Waals surface area contributed by atoms with Crippen molar-refractivity contribution in [3.8, 4) is 11.4 Å². The second-order valence-electron chi connectivity index (χ2n) is 20.7. The monoisotopic (exact) mass is 995 g/mol. The number of cyclic esters (lactones) is 1. The highest BCUT2D eigenvalue weighted by atomic mass is 31.2. The zero-order valence-electron chi connectivity index (χ0n) is 43.3. The average Bonchev–Trinajstić information content (AvgIpc) is 3.68. The van der Waals surface area contributed by atoms with Gasteiger partial charge in [-0.15, -0.1) is 0 Å². The number of para-hydroxylation sites is 1. The first-order valence-corrected chi connectivity index (χ1v) is 28.5. The van der Waals surface area contributed by atoms with Crippen molar-refractivity contribution in [1.29, 1.82) is 0 Å². The fraction of sp³-hybridized carbons (Fsp3) is 0.691. The molecule has 0 amide bonds. The van der Waals surface area contributed by atoms with Gasteiger partial charge in [0.05, 0.1) is 76.1 Å². The fourth-order valence-corrected chi connectivity index (χ4v) is 10.6. The van der Waals surface area contributed by atoms with Crippen molar-refractivity contribution >= 4 is 36.4 Å². The molecule has 14 nitrogen and oxygen atoms in total. The summed E-state index contributed by atoms with van der Waals surface area (Å²) in [7, 11) is 2.20. The standard InChI is InChI=1S/C55H84N3O11P/c1-6-8-9-10-11-12-13-14-15-16-17-18-19-23-28-35-65-40-45(41-67-70(63,64)36-29-34-58(3,4)5)68-50(59)32-24-21-20-22-25-33-51(60)69-55(7-2)47-38-49-52-44(37-43-30-26-27-31-48(43)56-52)39-57(49)53(61)46(47)42-66-54(55)62/h26-27,30-31,37-38,45H,6-25,28-29,32-36,39-42H2,1-5H3/p+1/t45?,55-/m0/s1. The molecule has 2 unspecified atom stereocenters. The van der Waals surface area contributed by atoms with Crippen LogP contribution in [0.5, 0.6) is 0 Å². The van der Waals surface area contributed by atoms with Gasteiger partial charge in [-0.3, -0.25) is 18.9 Å². The smallest absolute Gasteiger partial charge is 0.355 e. The number of carbonyl (C=O) groups is 3. The van der Waals surface area contributed by atoms with Crippen LogP contribution in [0.3, 0.4) is 0 Å². The predicted molar refractivity (Wildman–Crippen MR) is 275 cm³/mol. The lowest BCUT2D eigenvalue weighted by molar-refractivity contribution is -0.870. The fourth-order valence-electron chi connectivity index (χ4n) is 9.56. The van der Waals surface area contributed by atoms with Crippen molar-refractivity contribution < 1.29 is 51.8 Å². The minimum atomic E-state index is -3.88. The molecule has 3 atom stereocenters. The third kappa shape index (κ3) is 18.0. The quantitative estimate of drug-likeness (QED) is 0.0151. The van der Waals surface area contributed by atoms with Gasteiger partial charge >= 0.3 is 25.5 Å². The minimum Gasteiger partial charge on any atom is -0.457 e. The number of hydrogen-bond donors (Lipinski definition) is 1. The lowest BCUT2D eigenvalue weighted by atomic mass is 9.85. The van der Waals surface area contributed by atoms with Gasteiger partial charge in [-0.25, -0.2) is 9.78 Å². The summed E-state index contributed by atoms with van der Waals surface area (Å²) in [6.45, 7) is 5.26. The van der Waals surface area contributed by atoms with E-state index >= 15 is 0 Å². The number of aromatic nitrogens is 2. The number of unbranched alkanes of at least 4 members (excludes halogenated alkanes) is 18. The molecule has 2 aliphatic rings. The molecule has 0 bridgehead atoms. The summed E-state index contributed by atoms with van der Waals surface area (Å²) in [6.07, 6.45) is 22.5. The molecule has 0 radical (unpaired) electrons. The number of nitrogens with zero attached hydrogens (tertiary/aromatic N) is 3. The van der Waals surface area contributed by atoms with Crippen LogP contribution in [-0.2, 0) is 61.2 Å². The van der Waals surface area contributed by atoms with Crippen LogP contribution >= 0.6 is 7.60 Å². The van der Waals surface area contributed by atoms with Crippen LogP contribution in [0.1, 0.15) is 185 Å². The molecule has 70 heavy (non-hydrogen) atoms. The van der Waals surface area contributed by atoms with Gasteiger partial charge in [-0.2, -0.15) is 0 Å². The zero-order valence-corrected chi connectivity index (χ0v) is 44.2. The van der Waals surface area contributed by atoms with Crippen LogP contribution < -0.4 is 5.56 Å². The highest BCUT2D eigenvalue weighted by Gasteiger charge is 2.50. The Kier molecular flexibility index (Phi) is 23.5. The van der Waals surface area contributed by atoms with Crippen molar-refractivity contribution in [3.05, 3.63) is 63.4 Å². The highest BCUT2D eigenvalue weighted by molar-refractivity contribution is 7.52. The lowest BCUT2D eigenvalue weighted by Crippen LogP contribution is -2.47. The van der Waals surface area contributed by atoms with Crippen LogP contribution in [0.4, 0.5) is 0 Å². The third-order valence-corrected chi connectivity index (χ3v) is 15.1. The van der Waals surface area contributed by atoms with Crippen molar-refractivity contribution in [2.75, 3.05) is 53.7 Å². The molecule has 5 rings (SSSR count). The highest BCUT2D eigenvalue weighted by Crippen LogP contribution is 2.43. The number of rotatable bonds is 36. The first-order chi connectivity index (χ1) is 33.7. The second kappa shape index (κ2) is 28.9. The molecule has 1 aromatic carbocycles. The Hall–Kier alpha value is -3.94. The topological polar surface area (TPSA) is 170 Å². The van der Waals surface area contributed by atoms with E-state index in [2.05, 4.69) is 6.92 Å². The predicted octanol–water partition coefficient (Wildman–Crippen LogP) is 11.5. The lowest BCUT2D eigenvalue weighted by Gasteiger charge is -2.35. The Balaban J connectivity index is 1.01. The van der Waals surface area contributed by atoms with Crippen molar-refractivity contribution in [2.45, 2.75) is 193 Å². The zero-order chi connectivity index (χ0) is 50.4. The van der Waals surface area contributed by atoms with Gasteiger partial charge in [0.25, 0.3) is 5.56 Å². The van der Waals surface area contributed by atoms with Crippen LogP contribution in [0, 0.1) is 0 Å². The van der Waals surface area contributed by atoms with E-state index in [1.54, 1.807) is 17.6 Å². The van der Waals surface area contributed by atoms with Gasteiger partial charge in [-0.05, 0) is 43.9 Å². The molecule has 2 aliphatic heterocycles. The Labute approximate surface area is 417 Å². The number of esters is 3. The Morgan fingerprint density at radius 1 is 0.800 bits per heavy atom. The largest absolute Gasteiger partial charge is 0.457 e. The summed E-state index contributed by atoms with van der Waals surface area (Å²) in [5.41, 5.74) is 1.55. The summed E-state index contributed by atoms with van der Waals surface area (Å²) in [4.78, 5) is 69.1. The molecular formula is C55H85N3O11P+. The molecular weight excluding hydrogens is 910 g/mol. The van der Waals surface area contributed by atoms with Gasteiger partial charge in [0.1, 0.15) is 12.7 Å². The minimum absolute atomic E-state index is 0.0231. The summed E-state index contributed by atoms with van der Waals surface area (Å²) in [5, 5.41) is 0.969. The number of fused-ring (bicyclic) bond motifs is 5. The number of benzene rings is 1. The van der Waals surface area contributed by atoms with Gasteiger partial charge in [0.15, 0.2) is 0 Å². The molecule has 2 aromatic heterocycles. The molecule has 390 valence electrons. The van der Waals surface area contributed by atoms with E-state index in [1.165, 1.54) is 77.0 Å². The molecule has 0 saturated carbocycles. The molecule has 15 heteroatoms. The van der Waals surface area contributed by atoms with E-state index in [9.17, 15) is 28.6 Å². The van der Waals surface area contributed by atoms with Gasteiger partial charge in [-0.1, -0.05) is 141 Å². The van der Waals surface area contributed by atoms with E-state index in [0.717, 1.165) is 55.1 Å². The van der Waals surface area contributed by atoms with Crippen molar-refractivity contribution in [3.63, 3.8) is 0 Å². The van der Waals surface area contributed by atoms with Gasteiger partial charge in [0, 0.05) is 42.4 Å². The number of quaternary nitrogens is 1. The van der Waals surface area contributed by atoms with E-state index in [0.29, 0.717) is 65.8 Å². The number of carbonyl (C=O) groups excluding carboxylic acids is 3. The van der Waals surface area contributed by atoms with Crippen LogP contribution in [0.2, 0.25) is 0 Å². The summed E-state index contributed by atoms with van der Waals surface area (Å²) in [5.74, 6) is -1.68. The first kappa shape index (κ1) is 57.0. The average molecular weight is 995 g/mol.